The third kappa shape index (κ3) is 3.01. The number of phenolic OH excluding ortho intramolecular Hbond substituents is 1. The van der Waals surface area contributed by atoms with Crippen molar-refractivity contribution in [3.05, 3.63) is 29.3 Å². The fourth-order valence-electron chi connectivity index (χ4n) is 1.81. The molecule has 2 nitrogen and oxygen atoms in total. The fourth-order valence-corrected chi connectivity index (χ4v) is 1.81. The summed E-state index contributed by atoms with van der Waals surface area (Å²) in [6.07, 6.45) is 1.06. The smallest absolute Gasteiger partial charge is 0.120 e. The van der Waals surface area contributed by atoms with Crippen LogP contribution in [0, 0.1) is 5.92 Å². The van der Waals surface area contributed by atoms with Crippen molar-refractivity contribution in [3.63, 3.8) is 0 Å². The van der Waals surface area contributed by atoms with E-state index in [0.717, 1.165) is 12.0 Å². The SMILES string of the molecule is CCC(C)(C)c1ccc(O)c(C(N)C(C)C)c1. The summed E-state index contributed by atoms with van der Waals surface area (Å²) in [7, 11) is 0. The van der Waals surface area contributed by atoms with E-state index in [4.69, 9.17) is 5.73 Å². The Hall–Kier alpha value is -1.02. The Morgan fingerprint density at radius 1 is 1.29 bits per heavy atom. The molecule has 1 atom stereocenters. The van der Waals surface area contributed by atoms with Crippen LogP contribution in [0.25, 0.3) is 0 Å². The first-order valence-electron chi connectivity index (χ1n) is 6.38. The van der Waals surface area contributed by atoms with Crippen LogP contribution in [-0.2, 0) is 5.41 Å². The summed E-state index contributed by atoms with van der Waals surface area (Å²) in [6.45, 7) is 10.7. The fraction of sp³-hybridized carbons (Fsp3) is 0.600. The average Bonchev–Trinajstić information content (AvgIpc) is 2.28. The molecule has 0 radical (unpaired) electrons. The lowest BCUT2D eigenvalue weighted by Gasteiger charge is -2.26. The van der Waals surface area contributed by atoms with Gasteiger partial charge in [-0.05, 0) is 35.4 Å². The highest BCUT2D eigenvalue weighted by Crippen LogP contribution is 2.34. The van der Waals surface area contributed by atoms with E-state index in [1.54, 1.807) is 6.07 Å². The van der Waals surface area contributed by atoms with Gasteiger partial charge in [0.05, 0.1) is 0 Å². The number of rotatable bonds is 4. The van der Waals surface area contributed by atoms with Gasteiger partial charge in [0.1, 0.15) is 5.75 Å². The van der Waals surface area contributed by atoms with Gasteiger partial charge in [-0.15, -0.1) is 0 Å². The van der Waals surface area contributed by atoms with Crippen LogP contribution in [0.1, 0.15) is 58.2 Å². The second kappa shape index (κ2) is 5.09. The Labute approximate surface area is 105 Å². The molecule has 1 unspecified atom stereocenters. The molecule has 96 valence electrons. The van der Waals surface area contributed by atoms with Crippen LogP contribution in [0.15, 0.2) is 18.2 Å². The number of nitrogens with two attached hydrogens (primary N) is 1. The van der Waals surface area contributed by atoms with E-state index in [2.05, 4.69) is 40.7 Å². The third-order valence-electron chi connectivity index (χ3n) is 3.77. The van der Waals surface area contributed by atoms with Crippen LogP contribution in [-0.4, -0.2) is 5.11 Å². The van der Waals surface area contributed by atoms with E-state index in [9.17, 15) is 5.11 Å². The Balaban J connectivity index is 3.20. The zero-order valence-electron chi connectivity index (χ0n) is 11.6. The molecule has 2 heteroatoms. The van der Waals surface area contributed by atoms with E-state index in [1.165, 1.54) is 5.56 Å². The van der Waals surface area contributed by atoms with Crippen LogP contribution in [0.3, 0.4) is 0 Å². The molecule has 0 heterocycles. The summed E-state index contributed by atoms with van der Waals surface area (Å²) in [5.41, 5.74) is 8.36. The highest BCUT2D eigenvalue weighted by molar-refractivity contribution is 5.41. The number of hydrogen-bond donors (Lipinski definition) is 2. The molecule has 0 saturated heterocycles. The highest BCUT2D eigenvalue weighted by atomic mass is 16.3. The molecular formula is C15H25NO. The second-order valence-corrected chi connectivity index (χ2v) is 5.78. The van der Waals surface area contributed by atoms with Gasteiger partial charge in [0.15, 0.2) is 0 Å². The van der Waals surface area contributed by atoms with Gasteiger partial charge in [-0.2, -0.15) is 0 Å². The molecule has 1 rings (SSSR count). The summed E-state index contributed by atoms with van der Waals surface area (Å²) in [4.78, 5) is 0. The zero-order valence-corrected chi connectivity index (χ0v) is 11.6. The largest absolute Gasteiger partial charge is 0.508 e. The van der Waals surface area contributed by atoms with Crippen LogP contribution >= 0.6 is 0 Å². The molecule has 0 amide bonds. The zero-order chi connectivity index (χ0) is 13.2. The summed E-state index contributed by atoms with van der Waals surface area (Å²) < 4.78 is 0. The first-order chi connectivity index (χ1) is 7.79. The van der Waals surface area contributed by atoms with E-state index in [1.807, 2.05) is 6.07 Å². The number of phenols is 1. The lowest BCUT2D eigenvalue weighted by molar-refractivity contribution is 0.436. The predicted octanol–water partition coefficient (Wildman–Crippen LogP) is 3.74. The summed E-state index contributed by atoms with van der Waals surface area (Å²) in [5.74, 6) is 0.628. The molecule has 0 spiro atoms. The monoisotopic (exact) mass is 235 g/mol. The quantitative estimate of drug-likeness (QED) is 0.835. The van der Waals surface area contributed by atoms with Gasteiger partial charge in [0.25, 0.3) is 0 Å². The molecule has 1 aromatic rings. The van der Waals surface area contributed by atoms with E-state index >= 15 is 0 Å². The minimum absolute atomic E-state index is 0.109. The number of aromatic hydroxyl groups is 1. The van der Waals surface area contributed by atoms with Crippen molar-refractivity contribution < 1.29 is 5.11 Å². The molecule has 0 aliphatic rings. The average molecular weight is 235 g/mol. The van der Waals surface area contributed by atoms with E-state index in [0.29, 0.717) is 11.7 Å². The van der Waals surface area contributed by atoms with Gasteiger partial charge < -0.3 is 10.8 Å². The standard InChI is InChI=1S/C15H25NO/c1-6-15(4,5)11-7-8-13(17)12(9-11)14(16)10(2)3/h7-10,14,17H,6,16H2,1-5H3. The topological polar surface area (TPSA) is 46.2 Å². The maximum absolute atomic E-state index is 9.91. The molecule has 3 N–H and O–H groups in total. The third-order valence-corrected chi connectivity index (χ3v) is 3.77. The van der Waals surface area contributed by atoms with Crippen molar-refractivity contribution in [2.75, 3.05) is 0 Å². The lowest BCUT2D eigenvalue weighted by Crippen LogP contribution is -2.20. The molecule has 0 bridgehead atoms. The molecule has 17 heavy (non-hydrogen) atoms. The van der Waals surface area contributed by atoms with Crippen molar-refractivity contribution in [1.29, 1.82) is 0 Å². The minimum Gasteiger partial charge on any atom is -0.508 e. The van der Waals surface area contributed by atoms with Crippen molar-refractivity contribution in [1.82, 2.24) is 0 Å². The molecule has 0 saturated carbocycles. The number of hydrogen-bond acceptors (Lipinski definition) is 2. The maximum Gasteiger partial charge on any atom is 0.120 e. The maximum atomic E-state index is 9.91. The summed E-state index contributed by atoms with van der Waals surface area (Å²) >= 11 is 0. The van der Waals surface area contributed by atoms with Gasteiger partial charge in [0, 0.05) is 11.6 Å². The van der Waals surface area contributed by atoms with E-state index < -0.39 is 0 Å². The predicted molar refractivity (Wildman–Crippen MR) is 73.2 cm³/mol. The van der Waals surface area contributed by atoms with Crippen molar-refractivity contribution >= 4 is 0 Å². The Bertz CT molecular complexity index is 383. The molecule has 0 aliphatic heterocycles. The minimum atomic E-state index is -0.109. The van der Waals surface area contributed by atoms with E-state index in [-0.39, 0.29) is 11.5 Å². The second-order valence-electron chi connectivity index (χ2n) is 5.78. The van der Waals surface area contributed by atoms with Crippen molar-refractivity contribution in [2.45, 2.75) is 52.5 Å². The summed E-state index contributed by atoms with van der Waals surface area (Å²) in [6, 6.07) is 5.71. The Kier molecular flexibility index (Phi) is 4.21. The normalized spacial score (nSPS) is 14.1. The van der Waals surface area contributed by atoms with Gasteiger partial charge in [0.2, 0.25) is 0 Å². The lowest BCUT2D eigenvalue weighted by atomic mass is 9.80. The summed E-state index contributed by atoms with van der Waals surface area (Å²) in [5, 5.41) is 9.91. The molecule has 0 aromatic heterocycles. The Morgan fingerprint density at radius 3 is 2.35 bits per heavy atom. The van der Waals surface area contributed by atoms with Crippen LogP contribution in [0.2, 0.25) is 0 Å². The van der Waals surface area contributed by atoms with Gasteiger partial charge >= 0.3 is 0 Å². The van der Waals surface area contributed by atoms with Crippen LogP contribution in [0.5, 0.6) is 5.75 Å². The van der Waals surface area contributed by atoms with Crippen molar-refractivity contribution in [2.24, 2.45) is 11.7 Å². The molecule has 0 fully saturated rings. The van der Waals surface area contributed by atoms with Crippen LogP contribution < -0.4 is 5.73 Å². The van der Waals surface area contributed by atoms with Gasteiger partial charge in [-0.1, -0.05) is 40.7 Å². The van der Waals surface area contributed by atoms with Crippen LogP contribution in [0.4, 0.5) is 0 Å². The number of benzene rings is 1. The van der Waals surface area contributed by atoms with Crippen molar-refractivity contribution in [3.8, 4) is 5.75 Å². The molecular weight excluding hydrogens is 210 g/mol. The first-order valence-corrected chi connectivity index (χ1v) is 6.38. The molecule has 1 aromatic carbocycles. The van der Waals surface area contributed by atoms with Gasteiger partial charge in [-0.3, -0.25) is 0 Å². The molecule has 0 aliphatic carbocycles. The first kappa shape index (κ1) is 14.0. The van der Waals surface area contributed by atoms with Gasteiger partial charge in [-0.25, -0.2) is 0 Å². The highest BCUT2D eigenvalue weighted by Gasteiger charge is 2.21. The Morgan fingerprint density at radius 2 is 1.88 bits per heavy atom.